The van der Waals surface area contributed by atoms with Crippen molar-refractivity contribution in [1.82, 2.24) is 19.5 Å². The maximum Gasteiger partial charge on any atom is 0.469 e. The molecule has 0 bridgehead atoms. The Morgan fingerprint density at radius 1 is 1.48 bits per heavy atom. The van der Waals surface area contributed by atoms with Gasteiger partial charge in [0.05, 0.1) is 6.61 Å². The van der Waals surface area contributed by atoms with E-state index in [1.165, 1.54) is 0 Å². The van der Waals surface area contributed by atoms with Crippen LogP contribution >= 0.6 is 7.82 Å². The second-order valence-corrected chi connectivity index (χ2v) is 6.61. The first-order valence-corrected chi connectivity index (χ1v) is 8.32. The van der Waals surface area contributed by atoms with Gasteiger partial charge in [0.1, 0.15) is 24.6 Å². The van der Waals surface area contributed by atoms with Gasteiger partial charge >= 0.3 is 7.82 Å². The Kier molecular flexibility index (Phi) is 4.17. The van der Waals surface area contributed by atoms with Crippen molar-refractivity contribution in [3.63, 3.8) is 0 Å². The summed E-state index contributed by atoms with van der Waals surface area (Å²) in [6.07, 6.45) is -3.72. The van der Waals surface area contributed by atoms with Gasteiger partial charge in [-0.2, -0.15) is 4.98 Å². The van der Waals surface area contributed by atoms with Crippen LogP contribution < -0.4 is 17.0 Å². The van der Waals surface area contributed by atoms with Crippen LogP contribution in [-0.4, -0.2) is 64.4 Å². The number of nitrogens with two attached hydrogens (primary N) is 2. The van der Waals surface area contributed by atoms with E-state index in [1.54, 1.807) is 0 Å². The Morgan fingerprint density at radius 2 is 2.16 bits per heavy atom. The number of ether oxygens (including phenoxy) is 1. The van der Waals surface area contributed by atoms with E-state index in [1.807, 2.05) is 0 Å². The van der Waals surface area contributed by atoms with Gasteiger partial charge < -0.3 is 30.5 Å². The summed E-state index contributed by atoms with van der Waals surface area (Å²) in [6, 6.07) is 0. The first-order chi connectivity index (χ1) is 11.5. The molecule has 9 N–H and O–H groups in total. The molecule has 25 heavy (non-hydrogen) atoms. The fraction of sp³-hybridized carbons (Fsp3) is 0.500. The summed E-state index contributed by atoms with van der Waals surface area (Å²) in [4.78, 5) is 39.2. The second kappa shape index (κ2) is 5.82. The number of imidazole rings is 1. The number of aromatic nitrogens is 4. The summed E-state index contributed by atoms with van der Waals surface area (Å²) in [5, 5.41) is 20.3. The van der Waals surface area contributed by atoms with E-state index in [0.29, 0.717) is 0 Å². The fourth-order valence-corrected chi connectivity index (χ4v) is 2.86. The van der Waals surface area contributed by atoms with Gasteiger partial charge in [0.15, 0.2) is 11.2 Å². The maximum absolute atomic E-state index is 11.8. The van der Waals surface area contributed by atoms with Crippen molar-refractivity contribution < 1.29 is 33.8 Å². The zero-order valence-corrected chi connectivity index (χ0v) is 13.3. The van der Waals surface area contributed by atoms with E-state index >= 15 is 0 Å². The molecule has 0 unspecified atom stereocenters. The summed E-state index contributed by atoms with van der Waals surface area (Å²) in [6.45, 7) is -0.746. The Bertz CT molecular complexity index is 908. The molecule has 2 aromatic heterocycles. The molecule has 0 amide bonds. The third-order valence-corrected chi connectivity index (χ3v) is 4.16. The average molecular weight is 378 g/mol. The first-order valence-electron chi connectivity index (χ1n) is 6.79. The van der Waals surface area contributed by atoms with Crippen molar-refractivity contribution in [3.8, 4) is 0 Å². The van der Waals surface area contributed by atoms with E-state index < -0.39 is 44.1 Å². The molecular formula is C10H15N6O8P. The topological polar surface area (TPSA) is 232 Å². The van der Waals surface area contributed by atoms with Gasteiger partial charge in [0.25, 0.3) is 5.56 Å². The van der Waals surface area contributed by atoms with E-state index in [2.05, 4.69) is 19.5 Å². The van der Waals surface area contributed by atoms with E-state index in [0.717, 1.165) is 10.9 Å². The monoisotopic (exact) mass is 378 g/mol. The lowest BCUT2D eigenvalue weighted by molar-refractivity contribution is -0.140. The summed E-state index contributed by atoms with van der Waals surface area (Å²) in [7, 11) is -4.83. The number of aliphatic hydroxyl groups is 2. The number of aromatic amines is 1. The lowest BCUT2D eigenvalue weighted by Gasteiger charge is -2.28. The molecule has 0 aromatic carbocycles. The smallest absolute Gasteiger partial charge is 0.387 e. The Labute approximate surface area is 138 Å². The average Bonchev–Trinajstić information content (AvgIpc) is 3.01. The highest BCUT2D eigenvalue weighted by atomic mass is 31.2. The largest absolute Gasteiger partial charge is 0.469 e. The van der Waals surface area contributed by atoms with E-state index in [-0.39, 0.29) is 17.1 Å². The van der Waals surface area contributed by atoms with Gasteiger partial charge in [-0.25, -0.2) is 9.55 Å². The number of phosphoric ester groups is 1. The summed E-state index contributed by atoms with van der Waals surface area (Å²) < 4.78 is 21.4. The highest BCUT2D eigenvalue weighted by Gasteiger charge is 2.54. The van der Waals surface area contributed by atoms with E-state index in [9.17, 15) is 19.6 Å². The molecule has 0 radical (unpaired) electrons. The van der Waals surface area contributed by atoms with Gasteiger partial charge in [0.2, 0.25) is 11.8 Å². The molecule has 3 heterocycles. The fourth-order valence-electron chi connectivity index (χ4n) is 2.51. The normalized spacial score (nSPS) is 30.2. The molecule has 3 rings (SSSR count). The Morgan fingerprint density at radius 3 is 2.80 bits per heavy atom. The quantitative estimate of drug-likeness (QED) is 0.257. The molecule has 0 spiro atoms. The molecule has 0 aliphatic carbocycles. The number of nitrogen functional groups attached to an aromatic ring is 1. The zero-order chi connectivity index (χ0) is 18.6. The highest BCUT2D eigenvalue weighted by Crippen LogP contribution is 2.39. The molecule has 1 aliphatic rings. The van der Waals surface area contributed by atoms with Gasteiger partial charge in [-0.1, -0.05) is 0 Å². The summed E-state index contributed by atoms with van der Waals surface area (Å²) in [5.74, 6) is -2.37. The molecular weight excluding hydrogens is 363 g/mol. The highest BCUT2D eigenvalue weighted by molar-refractivity contribution is 7.46. The molecule has 1 aliphatic heterocycles. The van der Waals surface area contributed by atoms with Crippen LogP contribution in [-0.2, 0) is 19.7 Å². The number of aliphatic hydroxyl groups excluding tert-OH is 2. The molecule has 1 saturated heterocycles. The summed E-state index contributed by atoms with van der Waals surface area (Å²) >= 11 is 0. The van der Waals surface area contributed by atoms with Crippen LogP contribution in [0.3, 0.4) is 0 Å². The molecule has 14 nitrogen and oxygen atoms in total. The Hall–Kier alpha value is -1.90. The molecule has 2 aromatic rings. The van der Waals surface area contributed by atoms with Gasteiger partial charge in [0, 0.05) is 0 Å². The minimum absolute atomic E-state index is 0.119. The van der Waals surface area contributed by atoms with E-state index in [4.69, 9.17) is 26.0 Å². The van der Waals surface area contributed by atoms with Gasteiger partial charge in [-0.05, 0) is 0 Å². The zero-order valence-electron chi connectivity index (χ0n) is 12.4. The van der Waals surface area contributed by atoms with Crippen LogP contribution in [0.25, 0.3) is 11.2 Å². The molecule has 15 heteroatoms. The minimum Gasteiger partial charge on any atom is -0.387 e. The number of hydrogen-bond donors (Lipinski definition) is 7. The SMILES string of the molecule is Nc1nc2c(ncn2[C@]2(N)O[C@H](COP(=O)(O)O)[C@@H](O)[C@H]2O)c(=O)[nH]1. The third kappa shape index (κ3) is 3.05. The predicted molar refractivity (Wildman–Crippen MR) is 79.6 cm³/mol. The number of hydrogen-bond acceptors (Lipinski definition) is 10. The van der Waals surface area contributed by atoms with Crippen LogP contribution in [0.5, 0.6) is 0 Å². The van der Waals surface area contributed by atoms with Crippen LogP contribution in [0.15, 0.2) is 11.1 Å². The number of anilines is 1. The second-order valence-electron chi connectivity index (χ2n) is 5.37. The third-order valence-electron chi connectivity index (χ3n) is 3.68. The van der Waals surface area contributed by atoms with Crippen LogP contribution in [0.4, 0.5) is 5.95 Å². The van der Waals surface area contributed by atoms with Crippen molar-refractivity contribution >= 4 is 24.9 Å². The van der Waals surface area contributed by atoms with Gasteiger partial charge in [-0.3, -0.25) is 24.6 Å². The van der Waals surface area contributed by atoms with Gasteiger partial charge in [-0.15, -0.1) is 0 Å². The molecule has 138 valence electrons. The lowest BCUT2D eigenvalue weighted by atomic mass is 10.1. The number of nitrogens with zero attached hydrogens (tertiary/aromatic N) is 3. The minimum atomic E-state index is -4.83. The first kappa shape index (κ1) is 17.9. The predicted octanol–water partition coefficient (Wildman–Crippen LogP) is -3.50. The lowest BCUT2D eigenvalue weighted by Crippen LogP contribution is -2.52. The van der Waals surface area contributed by atoms with Crippen LogP contribution in [0, 0.1) is 0 Å². The van der Waals surface area contributed by atoms with Crippen LogP contribution in [0.2, 0.25) is 0 Å². The standard InChI is InChI=1S/C10H15N6O8P/c11-9-14-7-4(8(19)15-9)13-2-16(7)10(12)6(18)5(17)3(24-10)1-23-25(20,21)22/h2-3,5-6,17-18H,1,12H2,(H2,20,21,22)(H3,11,14,15,19)/t3-,5-,6-,10+/m1/s1. The van der Waals surface area contributed by atoms with Crippen molar-refractivity contribution in [2.45, 2.75) is 24.2 Å². The van der Waals surface area contributed by atoms with Crippen molar-refractivity contribution in [2.75, 3.05) is 12.3 Å². The van der Waals surface area contributed by atoms with Crippen molar-refractivity contribution in [2.24, 2.45) is 5.73 Å². The molecule has 4 atom stereocenters. The summed E-state index contributed by atoms with van der Waals surface area (Å²) in [5.41, 5.74) is 10.6. The number of rotatable bonds is 4. The number of fused-ring (bicyclic) bond motifs is 1. The van der Waals surface area contributed by atoms with Crippen molar-refractivity contribution in [3.05, 3.63) is 16.7 Å². The number of H-pyrrole nitrogens is 1. The van der Waals surface area contributed by atoms with Crippen LogP contribution in [0.1, 0.15) is 0 Å². The molecule has 0 saturated carbocycles. The number of nitrogens with one attached hydrogen (secondary N) is 1. The van der Waals surface area contributed by atoms with Crippen molar-refractivity contribution in [1.29, 1.82) is 0 Å². The number of phosphoric acid groups is 1. The Balaban J connectivity index is 1.99. The maximum atomic E-state index is 11.8. The molecule has 1 fully saturated rings.